The van der Waals surface area contributed by atoms with Crippen molar-refractivity contribution in [2.45, 2.75) is 31.5 Å². The van der Waals surface area contributed by atoms with Crippen LogP contribution in [0.5, 0.6) is 0 Å². The highest BCUT2D eigenvalue weighted by molar-refractivity contribution is 7.99. The summed E-state index contributed by atoms with van der Waals surface area (Å²) in [6.07, 6.45) is 1.70. The van der Waals surface area contributed by atoms with Crippen LogP contribution in [0.2, 0.25) is 0 Å². The number of amides is 1. The number of non-ortho nitro benzene ring substituents is 1. The smallest absolute Gasteiger partial charge is 0.270 e. The first kappa shape index (κ1) is 25.2. The van der Waals surface area contributed by atoms with Gasteiger partial charge in [-0.3, -0.25) is 14.9 Å². The minimum absolute atomic E-state index is 0.0878. The first-order valence-electron chi connectivity index (χ1n) is 11.9. The minimum atomic E-state index is -0.499. The molecular formula is C28H28N4O3S. The third-order valence-electron chi connectivity index (χ3n) is 5.75. The third-order valence-corrected chi connectivity index (χ3v) is 6.81. The number of unbranched alkanes of at least 4 members (excludes halogenated alkanes) is 1. The lowest BCUT2D eigenvalue weighted by atomic mass is 10.0. The molecule has 0 saturated heterocycles. The number of aromatic nitrogens is 2. The zero-order chi connectivity index (χ0) is 25.3. The maximum absolute atomic E-state index is 12.3. The van der Waals surface area contributed by atoms with Gasteiger partial charge in [-0.05, 0) is 25.8 Å². The number of carbonyl (C=O) groups is 1. The van der Waals surface area contributed by atoms with Crippen molar-refractivity contribution in [2.75, 3.05) is 12.3 Å². The number of thioether (sulfide) groups is 1. The van der Waals surface area contributed by atoms with Crippen LogP contribution in [0, 0.1) is 10.1 Å². The second kappa shape index (κ2) is 12.2. The molecule has 4 rings (SSSR count). The van der Waals surface area contributed by atoms with E-state index in [0.29, 0.717) is 12.1 Å². The topological polar surface area (TPSA) is 90.1 Å². The van der Waals surface area contributed by atoms with Crippen LogP contribution in [-0.2, 0) is 6.54 Å². The fourth-order valence-electron chi connectivity index (χ4n) is 3.98. The maximum atomic E-state index is 12.3. The lowest BCUT2D eigenvalue weighted by molar-refractivity contribution is -0.384. The first-order chi connectivity index (χ1) is 17.6. The summed E-state index contributed by atoms with van der Waals surface area (Å²) in [5.74, 6) is 0.569. The Morgan fingerprint density at radius 1 is 0.972 bits per heavy atom. The summed E-state index contributed by atoms with van der Waals surface area (Å²) >= 11 is 1.72. The van der Waals surface area contributed by atoms with Crippen molar-refractivity contribution >= 4 is 23.4 Å². The van der Waals surface area contributed by atoms with Crippen molar-refractivity contribution in [1.29, 1.82) is 0 Å². The standard InChI is InChI=1S/C28H28N4O3S/c1-2-31-26(22-14-7-4-8-15-22)25(21-12-5-3-6-13-21)30-28(31)36-19-10-9-18-29-27(33)23-16-11-17-24(20-23)32(34)35/h3-8,11-17,20H,2,9-10,18-19H2,1H3,(H,29,33). The molecule has 1 N–H and O–H groups in total. The van der Waals surface area contributed by atoms with E-state index in [1.807, 2.05) is 36.4 Å². The second-order valence-electron chi connectivity index (χ2n) is 8.19. The number of carbonyl (C=O) groups excluding carboxylic acids is 1. The van der Waals surface area contributed by atoms with E-state index in [4.69, 9.17) is 4.98 Å². The van der Waals surface area contributed by atoms with E-state index in [1.54, 1.807) is 17.8 Å². The monoisotopic (exact) mass is 500 g/mol. The lowest BCUT2D eigenvalue weighted by Crippen LogP contribution is -2.24. The van der Waals surface area contributed by atoms with Crippen molar-refractivity contribution in [3.8, 4) is 22.5 Å². The van der Waals surface area contributed by atoms with Crippen molar-refractivity contribution in [1.82, 2.24) is 14.9 Å². The van der Waals surface area contributed by atoms with Crippen LogP contribution in [0.15, 0.2) is 90.1 Å². The first-order valence-corrected chi connectivity index (χ1v) is 12.9. The maximum Gasteiger partial charge on any atom is 0.270 e. The van der Waals surface area contributed by atoms with Gasteiger partial charge in [-0.2, -0.15) is 0 Å². The van der Waals surface area contributed by atoms with Crippen LogP contribution in [0.3, 0.4) is 0 Å². The van der Waals surface area contributed by atoms with Crippen LogP contribution in [0.4, 0.5) is 5.69 Å². The van der Waals surface area contributed by atoms with Crippen LogP contribution in [0.25, 0.3) is 22.5 Å². The van der Waals surface area contributed by atoms with E-state index in [0.717, 1.165) is 52.8 Å². The molecule has 8 heteroatoms. The average Bonchev–Trinajstić information content (AvgIpc) is 3.30. The Morgan fingerprint density at radius 3 is 2.33 bits per heavy atom. The number of rotatable bonds is 11. The molecule has 3 aromatic carbocycles. The molecule has 7 nitrogen and oxygen atoms in total. The predicted octanol–water partition coefficient (Wildman–Crippen LogP) is 6.45. The molecule has 0 aliphatic rings. The number of benzene rings is 3. The fraction of sp³-hybridized carbons (Fsp3) is 0.214. The van der Waals surface area contributed by atoms with Gasteiger partial charge in [0.05, 0.1) is 16.3 Å². The molecule has 0 radical (unpaired) electrons. The van der Waals surface area contributed by atoms with E-state index in [1.165, 1.54) is 18.2 Å². The molecule has 0 atom stereocenters. The van der Waals surface area contributed by atoms with Gasteiger partial charge in [-0.1, -0.05) is 78.5 Å². The van der Waals surface area contributed by atoms with Crippen LogP contribution in [0.1, 0.15) is 30.1 Å². The predicted molar refractivity (Wildman–Crippen MR) is 144 cm³/mol. The normalized spacial score (nSPS) is 10.8. The Bertz CT molecular complexity index is 1320. The number of imidazole rings is 1. The third kappa shape index (κ3) is 6.01. The second-order valence-corrected chi connectivity index (χ2v) is 9.25. The van der Waals surface area contributed by atoms with Crippen LogP contribution >= 0.6 is 11.8 Å². The number of hydrogen-bond acceptors (Lipinski definition) is 5. The Labute approximate surface area is 214 Å². The van der Waals surface area contributed by atoms with Gasteiger partial charge >= 0.3 is 0 Å². The van der Waals surface area contributed by atoms with Gasteiger partial charge in [0.25, 0.3) is 11.6 Å². The Hall–Kier alpha value is -3.91. The largest absolute Gasteiger partial charge is 0.352 e. The summed E-state index contributed by atoms with van der Waals surface area (Å²) in [5.41, 5.74) is 4.54. The number of nitro groups is 1. The molecular weight excluding hydrogens is 472 g/mol. The summed E-state index contributed by atoms with van der Waals surface area (Å²) < 4.78 is 2.27. The van der Waals surface area contributed by atoms with Crippen molar-refractivity contribution in [2.24, 2.45) is 0 Å². The Morgan fingerprint density at radius 2 is 1.67 bits per heavy atom. The number of nitrogens with zero attached hydrogens (tertiary/aromatic N) is 3. The van der Waals surface area contributed by atoms with Gasteiger partial charge in [-0.15, -0.1) is 0 Å². The lowest BCUT2D eigenvalue weighted by Gasteiger charge is -2.11. The van der Waals surface area contributed by atoms with E-state index in [-0.39, 0.29) is 11.6 Å². The quantitative estimate of drug-likeness (QED) is 0.111. The fourth-order valence-corrected chi connectivity index (χ4v) is 5.04. The number of nitrogens with one attached hydrogen (secondary N) is 1. The van der Waals surface area contributed by atoms with E-state index < -0.39 is 4.92 Å². The van der Waals surface area contributed by atoms with E-state index in [9.17, 15) is 14.9 Å². The zero-order valence-electron chi connectivity index (χ0n) is 20.1. The van der Waals surface area contributed by atoms with Crippen LogP contribution < -0.4 is 5.32 Å². The zero-order valence-corrected chi connectivity index (χ0v) is 20.9. The summed E-state index contributed by atoms with van der Waals surface area (Å²) in [6.45, 7) is 3.46. The van der Waals surface area contributed by atoms with E-state index in [2.05, 4.69) is 41.1 Å². The van der Waals surface area contributed by atoms with Gasteiger partial charge in [0.15, 0.2) is 5.16 Å². The highest BCUT2D eigenvalue weighted by Crippen LogP contribution is 2.36. The molecule has 0 saturated carbocycles. The molecule has 4 aromatic rings. The SMILES string of the molecule is CCn1c(SCCCCNC(=O)c2cccc([N+](=O)[O-])c2)nc(-c2ccccc2)c1-c1ccccc1. The minimum Gasteiger partial charge on any atom is -0.352 e. The highest BCUT2D eigenvalue weighted by atomic mass is 32.2. The van der Waals surface area contributed by atoms with Gasteiger partial charge in [0, 0.05) is 47.7 Å². The van der Waals surface area contributed by atoms with Gasteiger partial charge in [0.1, 0.15) is 0 Å². The molecule has 36 heavy (non-hydrogen) atoms. The summed E-state index contributed by atoms with van der Waals surface area (Å²) in [6, 6.07) is 26.4. The van der Waals surface area contributed by atoms with Crippen LogP contribution in [-0.4, -0.2) is 32.7 Å². The Kier molecular flexibility index (Phi) is 8.52. The molecule has 0 aliphatic carbocycles. The van der Waals surface area contributed by atoms with Crippen molar-refractivity contribution in [3.63, 3.8) is 0 Å². The Balaban J connectivity index is 1.38. The molecule has 0 aliphatic heterocycles. The average molecular weight is 501 g/mol. The molecule has 0 bridgehead atoms. The molecule has 0 spiro atoms. The van der Waals surface area contributed by atoms with Gasteiger partial charge in [0.2, 0.25) is 0 Å². The molecule has 1 heterocycles. The summed E-state index contributed by atoms with van der Waals surface area (Å²) in [5, 5.41) is 14.8. The summed E-state index contributed by atoms with van der Waals surface area (Å²) in [4.78, 5) is 27.8. The number of nitro benzene ring substituents is 1. The van der Waals surface area contributed by atoms with E-state index >= 15 is 0 Å². The molecule has 184 valence electrons. The summed E-state index contributed by atoms with van der Waals surface area (Å²) in [7, 11) is 0. The molecule has 0 fully saturated rings. The molecule has 1 amide bonds. The van der Waals surface area contributed by atoms with Crippen molar-refractivity contribution in [3.05, 3.63) is 101 Å². The van der Waals surface area contributed by atoms with Crippen molar-refractivity contribution < 1.29 is 9.72 Å². The number of hydrogen-bond donors (Lipinski definition) is 1. The highest BCUT2D eigenvalue weighted by Gasteiger charge is 2.19. The van der Waals surface area contributed by atoms with Gasteiger partial charge < -0.3 is 9.88 Å². The molecule has 0 unspecified atom stereocenters. The molecule has 1 aromatic heterocycles. The van der Waals surface area contributed by atoms with Gasteiger partial charge in [-0.25, -0.2) is 4.98 Å².